The van der Waals surface area contributed by atoms with Crippen molar-refractivity contribution < 1.29 is 9.59 Å². The molecular weight excluding hydrogens is 290 g/mol. The Morgan fingerprint density at radius 1 is 1.22 bits per heavy atom. The van der Waals surface area contributed by atoms with Gasteiger partial charge in [0.05, 0.1) is 6.04 Å². The molecule has 1 aromatic carbocycles. The van der Waals surface area contributed by atoms with E-state index < -0.39 is 0 Å². The van der Waals surface area contributed by atoms with Crippen molar-refractivity contribution in [2.45, 2.75) is 13.0 Å². The number of hydrogen-bond acceptors (Lipinski definition) is 3. The Labute approximate surface area is 136 Å². The lowest BCUT2D eigenvalue weighted by Crippen LogP contribution is -2.35. The van der Waals surface area contributed by atoms with E-state index in [9.17, 15) is 9.59 Å². The molecule has 0 saturated carbocycles. The molecule has 23 heavy (non-hydrogen) atoms. The summed E-state index contributed by atoms with van der Waals surface area (Å²) in [7, 11) is 5.74. The molecule has 0 radical (unpaired) electrons. The third-order valence-electron chi connectivity index (χ3n) is 3.91. The minimum absolute atomic E-state index is 0.0462. The standard InChI is InChI=1S/C18H23N3O2/c1-13(22)15-10-16(21(4)12-15)18(23)19-11-17(20(2)3)14-8-6-5-7-9-14/h5-10,12,17H,11H2,1-4H3,(H,19,23). The second-order valence-electron chi connectivity index (χ2n) is 5.88. The van der Waals surface area contributed by atoms with Crippen LogP contribution >= 0.6 is 0 Å². The fraction of sp³-hybridized carbons (Fsp3) is 0.333. The molecule has 0 aliphatic rings. The fourth-order valence-corrected chi connectivity index (χ4v) is 2.54. The van der Waals surface area contributed by atoms with E-state index in [2.05, 4.69) is 10.2 Å². The van der Waals surface area contributed by atoms with Crippen molar-refractivity contribution in [3.05, 3.63) is 59.4 Å². The summed E-state index contributed by atoms with van der Waals surface area (Å²) in [6.45, 7) is 1.99. The van der Waals surface area contributed by atoms with Gasteiger partial charge in [-0.25, -0.2) is 0 Å². The minimum atomic E-state index is -0.178. The molecule has 0 saturated heterocycles. The zero-order chi connectivity index (χ0) is 17.0. The Bertz CT molecular complexity index is 690. The molecule has 0 aliphatic heterocycles. The second-order valence-corrected chi connectivity index (χ2v) is 5.88. The van der Waals surface area contributed by atoms with Crippen molar-refractivity contribution in [1.29, 1.82) is 0 Å². The summed E-state index contributed by atoms with van der Waals surface area (Å²) in [6.07, 6.45) is 1.68. The van der Waals surface area contributed by atoms with Gasteiger partial charge in [0, 0.05) is 25.4 Å². The number of nitrogens with one attached hydrogen (secondary N) is 1. The molecule has 2 aromatic rings. The third kappa shape index (κ3) is 4.07. The summed E-state index contributed by atoms with van der Waals surface area (Å²) in [4.78, 5) is 25.9. The number of carbonyl (C=O) groups excluding carboxylic acids is 2. The highest BCUT2D eigenvalue weighted by Crippen LogP contribution is 2.17. The summed E-state index contributed by atoms with van der Waals surface area (Å²) in [6, 6.07) is 11.8. The number of likely N-dealkylation sites (N-methyl/N-ethyl adjacent to an activating group) is 1. The smallest absolute Gasteiger partial charge is 0.267 e. The number of rotatable bonds is 6. The van der Waals surface area contributed by atoms with Crippen molar-refractivity contribution >= 4 is 11.7 Å². The van der Waals surface area contributed by atoms with E-state index in [1.165, 1.54) is 6.92 Å². The van der Waals surface area contributed by atoms with Crippen molar-refractivity contribution in [3.63, 3.8) is 0 Å². The second kappa shape index (κ2) is 7.24. The fourth-order valence-electron chi connectivity index (χ4n) is 2.54. The lowest BCUT2D eigenvalue weighted by atomic mass is 10.1. The van der Waals surface area contributed by atoms with Gasteiger partial charge < -0.3 is 14.8 Å². The summed E-state index contributed by atoms with van der Waals surface area (Å²) >= 11 is 0. The maximum atomic E-state index is 12.4. The largest absolute Gasteiger partial charge is 0.349 e. The number of ketones is 1. The minimum Gasteiger partial charge on any atom is -0.349 e. The van der Waals surface area contributed by atoms with Crippen LogP contribution in [-0.2, 0) is 7.05 Å². The molecule has 122 valence electrons. The third-order valence-corrected chi connectivity index (χ3v) is 3.91. The molecule has 1 N–H and O–H groups in total. The Kier molecular flexibility index (Phi) is 5.34. The highest BCUT2D eigenvalue weighted by molar-refractivity contribution is 5.99. The molecule has 1 aromatic heterocycles. The van der Waals surface area contributed by atoms with E-state index in [1.54, 1.807) is 23.9 Å². The van der Waals surface area contributed by atoms with Gasteiger partial charge in [-0.05, 0) is 32.6 Å². The topological polar surface area (TPSA) is 54.3 Å². The Morgan fingerprint density at radius 3 is 2.39 bits per heavy atom. The zero-order valence-electron chi connectivity index (χ0n) is 14.0. The molecule has 1 unspecified atom stereocenters. The van der Waals surface area contributed by atoms with Crippen LogP contribution in [0.5, 0.6) is 0 Å². The Balaban J connectivity index is 2.09. The lowest BCUT2D eigenvalue weighted by Gasteiger charge is -2.25. The first-order valence-corrected chi connectivity index (χ1v) is 7.57. The number of nitrogens with zero attached hydrogens (tertiary/aromatic N) is 2. The highest BCUT2D eigenvalue weighted by Gasteiger charge is 2.18. The van der Waals surface area contributed by atoms with E-state index in [0.29, 0.717) is 17.8 Å². The molecule has 0 bridgehead atoms. The number of hydrogen-bond donors (Lipinski definition) is 1. The van der Waals surface area contributed by atoms with Gasteiger partial charge >= 0.3 is 0 Å². The van der Waals surface area contributed by atoms with Crippen LogP contribution in [0.4, 0.5) is 0 Å². The summed E-state index contributed by atoms with van der Waals surface area (Å²) in [5.74, 6) is -0.224. The molecular formula is C18H23N3O2. The average molecular weight is 313 g/mol. The van der Waals surface area contributed by atoms with E-state index in [-0.39, 0.29) is 17.7 Å². The molecule has 0 spiro atoms. The quantitative estimate of drug-likeness (QED) is 0.832. The molecule has 0 aliphatic carbocycles. The van der Waals surface area contributed by atoms with E-state index in [4.69, 9.17) is 0 Å². The summed E-state index contributed by atoms with van der Waals surface area (Å²) < 4.78 is 1.68. The van der Waals surface area contributed by atoms with Crippen LogP contribution in [0.15, 0.2) is 42.6 Å². The maximum Gasteiger partial charge on any atom is 0.267 e. The molecule has 5 nitrogen and oxygen atoms in total. The molecule has 1 heterocycles. The number of benzene rings is 1. The van der Waals surface area contributed by atoms with Crippen LogP contribution in [0.2, 0.25) is 0 Å². The summed E-state index contributed by atoms with van der Waals surface area (Å²) in [5, 5.41) is 2.96. The van der Waals surface area contributed by atoms with Gasteiger partial charge in [-0.15, -0.1) is 0 Å². The van der Waals surface area contributed by atoms with Gasteiger partial charge in [0.15, 0.2) is 5.78 Å². The molecule has 1 amide bonds. The van der Waals surface area contributed by atoms with Crippen molar-refractivity contribution in [2.24, 2.45) is 7.05 Å². The maximum absolute atomic E-state index is 12.4. The molecule has 1 atom stereocenters. The molecule has 0 fully saturated rings. The Hall–Kier alpha value is -2.40. The van der Waals surface area contributed by atoms with Crippen LogP contribution in [0, 0.1) is 0 Å². The van der Waals surface area contributed by atoms with Crippen LogP contribution in [0.25, 0.3) is 0 Å². The predicted octanol–water partition coefficient (Wildman–Crippen LogP) is 2.26. The van der Waals surface area contributed by atoms with E-state index in [0.717, 1.165) is 5.56 Å². The number of amides is 1. The Morgan fingerprint density at radius 2 is 1.87 bits per heavy atom. The number of carbonyl (C=O) groups is 2. The van der Waals surface area contributed by atoms with Gasteiger partial charge in [0.2, 0.25) is 0 Å². The monoisotopic (exact) mass is 313 g/mol. The van der Waals surface area contributed by atoms with Crippen LogP contribution in [0.3, 0.4) is 0 Å². The van der Waals surface area contributed by atoms with Gasteiger partial charge in [-0.3, -0.25) is 9.59 Å². The number of aromatic nitrogens is 1. The van der Waals surface area contributed by atoms with Crippen LogP contribution in [-0.4, -0.2) is 41.8 Å². The zero-order valence-corrected chi connectivity index (χ0v) is 14.0. The normalized spacial score (nSPS) is 12.2. The van der Waals surface area contributed by atoms with Gasteiger partial charge in [-0.2, -0.15) is 0 Å². The van der Waals surface area contributed by atoms with Gasteiger partial charge in [0.25, 0.3) is 5.91 Å². The average Bonchev–Trinajstić information content (AvgIpc) is 2.90. The van der Waals surface area contributed by atoms with Crippen molar-refractivity contribution in [3.8, 4) is 0 Å². The van der Waals surface area contributed by atoms with Crippen LogP contribution < -0.4 is 5.32 Å². The first-order valence-electron chi connectivity index (χ1n) is 7.57. The first-order chi connectivity index (χ1) is 10.9. The predicted molar refractivity (Wildman–Crippen MR) is 90.6 cm³/mol. The number of aryl methyl sites for hydroxylation is 1. The van der Waals surface area contributed by atoms with Crippen molar-refractivity contribution in [1.82, 2.24) is 14.8 Å². The lowest BCUT2D eigenvalue weighted by molar-refractivity contribution is 0.0933. The van der Waals surface area contributed by atoms with Gasteiger partial charge in [0.1, 0.15) is 5.69 Å². The van der Waals surface area contributed by atoms with E-state index >= 15 is 0 Å². The molecule has 2 rings (SSSR count). The van der Waals surface area contributed by atoms with Gasteiger partial charge in [-0.1, -0.05) is 30.3 Å². The van der Waals surface area contributed by atoms with Crippen LogP contribution in [0.1, 0.15) is 39.4 Å². The number of Topliss-reactive ketones (excluding diaryl/α,β-unsaturated/α-hetero) is 1. The van der Waals surface area contributed by atoms with E-state index in [1.807, 2.05) is 44.4 Å². The highest BCUT2D eigenvalue weighted by atomic mass is 16.2. The summed E-state index contributed by atoms with van der Waals surface area (Å²) in [5.41, 5.74) is 2.18. The first kappa shape index (κ1) is 17.0. The molecule has 5 heteroatoms. The van der Waals surface area contributed by atoms with Crippen molar-refractivity contribution in [2.75, 3.05) is 20.6 Å². The SMILES string of the molecule is CC(=O)c1cc(C(=O)NCC(c2ccccc2)N(C)C)n(C)c1.